The average molecular weight is 343 g/mol. The van der Waals surface area contributed by atoms with Gasteiger partial charge in [-0.05, 0) is 36.8 Å². The summed E-state index contributed by atoms with van der Waals surface area (Å²) in [6.07, 6.45) is 0. The van der Waals surface area contributed by atoms with Crippen molar-refractivity contribution in [1.29, 1.82) is 0 Å². The van der Waals surface area contributed by atoms with Crippen molar-refractivity contribution in [2.24, 2.45) is 0 Å². The molecule has 0 aliphatic rings. The van der Waals surface area contributed by atoms with Crippen molar-refractivity contribution in [3.05, 3.63) is 89.7 Å². The van der Waals surface area contributed by atoms with Gasteiger partial charge < -0.3 is 5.32 Å². The lowest BCUT2D eigenvalue weighted by atomic mass is 10.1. The lowest BCUT2D eigenvalue weighted by Gasteiger charge is -2.11. The highest BCUT2D eigenvalue weighted by atomic mass is 19.1. The Hall–Kier alpha value is -3.27. The number of para-hydroxylation sites is 1. The number of hydrogen-bond donors (Lipinski definition) is 1. The normalized spacial score (nSPS) is 10.8. The highest BCUT2D eigenvalue weighted by Crippen LogP contribution is 2.25. The molecule has 0 saturated heterocycles. The summed E-state index contributed by atoms with van der Waals surface area (Å²) >= 11 is 0. The van der Waals surface area contributed by atoms with Gasteiger partial charge in [-0.2, -0.15) is 0 Å². The molecular formula is C22H18FN3. The number of hydrogen-bond acceptors (Lipinski definition) is 3. The molecule has 0 fully saturated rings. The van der Waals surface area contributed by atoms with Crippen LogP contribution in [0.15, 0.2) is 72.8 Å². The van der Waals surface area contributed by atoms with Crippen LogP contribution in [0, 0.1) is 12.7 Å². The SMILES string of the molecule is Cc1ccc(-c2nc(NCc3ccc(F)cc3)c3ccccc3n2)cc1. The molecule has 0 aliphatic heterocycles. The molecule has 1 N–H and O–H groups in total. The molecule has 0 radical (unpaired) electrons. The highest BCUT2D eigenvalue weighted by Gasteiger charge is 2.09. The third-order valence-electron chi connectivity index (χ3n) is 4.29. The minimum atomic E-state index is -0.233. The number of aromatic nitrogens is 2. The molecule has 4 rings (SSSR count). The van der Waals surface area contributed by atoms with Gasteiger partial charge in [-0.3, -0.25) is 0 Å². The Balaban J connectivity index is 1.72. The van der Waals surface area contributed by atoms with Gasteiger partial charge in [0.05, 0.1) is 5.52 Å². The topological polar surface area (TPSA) is 37.8 Å². The number of nitrogens with one attached hydrogen (secondary N) is 1. The van der Waals surface area contributed by atoms with Crippen LogP contribution in [0.5, 0.6) is 0 Å². The van der Waals surface area contributed by atoms with E-state index in [2.05, 4.69) is 24.4 Å². The maximum Gasteiger partial charge on any atom is 0.162 e. The van der Waals surface area contributed by atoms with Crippen molar-refractivity contribution < 1.29 is 4.39 Å². The molecule has 0 saturated carbocycles. The Bertz CT molecular complexity index is 1040. The quantitative estimate of drug-likeness (QED) is 0.542. The minimum Gasteiger partial charge on any atom is -0.365 e. The Morgan fingerprint density at radius 2 is 1.58 bits per heavy atom. The van der Waals surface area contributed by atoms with Crippen LogP contribution in [0.3, 0.4) is 0 Å². The fourth-order valence-electron chi connectivity index (χ4n) is 2.83. The van der Waals surface area contributed by atoms with E-state index < -0.39 is 0 Å². The van der Waals surface area contributed by atoms with E-state index >= 15 is 0 Å². The number of nitrogens with zero attached hydrogens (tertiary/aromatic N) is 2. The molecule has 0 amide bonds. The molecule has 1 aromatic heterocycles. The van der Waals surface area contributed by atoms with Crippen LogP contribution in [-0.4, -0.2) is 9.97 Å². The predicted molar refractivity (Wildman–Crippen MR) is 103 cm³/mol. The molecule has 0 atom stereocenters. The fourth-order valence-corrected chi connectivity index (χ4v) is 2.83. The van der Waals surface area contributed by atoms with E-state index in [9.17, 15) is 4.39 Å². The number of anilines is 1. The second-order valence-electron chi connectivity index (χ2n) is 6.26. The first-order valence-electron chi connectivity index (χ1n) is 8.51. The van der Waals surface area contributed by atoms with E-state index in [-0.39, 0.29) is 5.82 Å². The second-order valence-corrected chi connectivity index (χ2v) is 6.26. The zero-order chi connectivity index (χ0) is 17.9. The molecular weight excluding hydrogens is 325 g/mol. The van der Waals surface area contributed by atoms with Gasteiger partial charge >= 0.3 is 0 Å². The van der Waals surface area contributed by atoms with Gasteiger partial charge in [0.2, 0.25) is 0 Å². The van der Waals surface area contributed by atoms with Gasteiger partial charge in [0.15, 0.2) is 5.82 Å². The first kappa shape index (κ1) is 16.2. The summed E-state index contributed by atoms with van der Waals surface area (Å²) in [7, 11) is 0. The van der Waals surface area contributed by atoms with Crippen LogP contribution in [0.2, 0.25) is 0 Å². The van der Waals surface area contributed by atoms with Gasteiger partial charge in [0, 0.05) is 17.5 Å². The van der Waals surface area contributed by atoms with E-state index in [0.29, 0.717) is 12.4 Å². The van der Waals surface area contributed by atoms with Gasteiger partial charge in [-0.1, -0.05) is 54.1 Å². The zero-order valence-corrected chi connectivity index (χ0v) is 14.4. The largest absolute Gasteiger partial charge is 0.365 e. The summed E-state index contributed by atoms with van der Waals surface area (Å²) in [5.41, 5.74) is 4.06. The summed E-state index contributed by atoms with van der Waals surface area (Å²) in [5, 5.41) is 4.33. The van der Waals surface area contributed by atoms with Crippen molar-refractivity contribution in [3.8, 4) is 11.4 Å². The Kier molecular flexibility index (Phi) is 4.32. The zero-order valence-electron chi connectivity index (χ0n) is 14.4. The second kappa shape index (κ2) is 6.92. The summed E-state index contributed by atoms with van der Waals surface area (Å²) in [4.78, 5) is 9.44. The van der Waals surface area contributed by atoms with Crippen molar-refractivity contribution in [2.75, 3.05) is 5.32 Å². The average Bonchev–Trinajstić information content (AvgIpc) is 2.68. The molecule has 0 unspecified atom stereocenters. The lowest BCUT2D eigenvalue weighted by molar-refractivity contribution is 0.627. The summed E-state index contributed by atoms with van der Waals surface area (Å²) < 4.78 is 13.1. The Morgan fingerprint density at radius 3 is 2.35 bits per heavy atom. The van der Waals surface area contributed by atoms with Crippen LogP contribution in [-0.2, 0) is 6.54 Å². The monoisotopic (exact) mass is 343 g/mol. The number of rotatable bonds is 4. The van der Waals surface area contributed by atoms with Crippen LogP contribution in [0.1, 0.15) is 11.1 Å². The van der Waals surface area contributed by atoms with Gasteiger partial charge in [-0.25, -0.2) is 14.4 Å². The summed E-state index contributed by atoms with van der Waals surface area (Å²) in [6.45, 7) is 2.62. The molecule has 0 aliphatic carbocycles. The maximum atomic E-state index is 13.1. The van der Waals surface area contributed by atoms with Gasteiger partial charge in [0.1, 0.15) is 11.6 Å². The lowest BCUT2D eigenvalue weighted by Crippen LogP contribution is -2.04. The number of aryl methyl sites for hydroxylation is 1. The van der Waals surface area contributed by atoms with Crippen LogP contribution < -0.4 is 5.32 Å². The summed E-state index contributed by atoms with van der Waals surface area (Å²) in [6, 6.07) is 22.6. The molecule has 26 heavy (non-hydrogen) atoms. The van der Waals surface area contributed by atoms with Gasteiger partial charge in [0.25, 0.3) is 0 Å². The van der Waals surface area contributed by atoms with E-state index in [1.165, 1.54) is 17.7 Å². The molecule has 0 spiro atoms. The van der Waals surface area contributed by atoms with Crippen LogP contribution >= 0.6 is 0 Å². The van der Waals surface area contributed by atoms with Crippen molar-refractivity contribution in [3.63, 3.8) is 0 Å². The first-order valence-corrected chi connectivity index (χ1v) is 8.51. The smallest absolute Gasteiger partial charge is 0.162 e. The minimum absolute atomic E-state index is 0.233. The van der Waals surface area contributed by atoms with E-state index in [4.69, 9.17) is 9.97 Å². The van der Waals surface area contributed by atoms with Gasteiger partial charge in [-0.15, -0.1) is 0 Å². The number of halogens is 1. The van der Waals surface area contributed by atoms with Crippen molar-refractivity contribution in [2.45, 2.75) is 13.5 Å². The Labute approximate surface area is 151 Å². The molecule has 3 nitrogen and oxygen atoms in total. The standard InChI is InChI=1S/C22H18FN3/c1-15-6-10-17(11-7-15)21-25-20-5-3-2-4-19(20)22(26-21)24-14-16-8-12-18(23)13-9-16/h2-13H,14H2,1H3,(H,24,25,26). The molecule has 4 heteroatoms. The summed E-state index contributed by atoms with van der Waals surface area (Å²) in [5.74, 6) is 1.23. The molecule has 128 valence electrons. The predicted octanol–water partition coefficient (Wildman–Crippen LogP) is 5.36. The number of benzene rings is 3. The molecule has 0 bridgehead atoms. The highest BCUT2D eigenvalue weighted by molar-refractivity contribution is 5.90. The van der Waals surface area contributed by atoms with Crippen molar-refractivity contribution in [1.82, 2.24) is 9.97 Å². The van der Waals surface area contributed by atoms with Crippen LogP contribution in [0.4, 0.5) is 10.2 Å². The van der Waals surface area contributed by atoms with E-state index in [1.54, 1.807) is 12.1 Å². The third-order valence-corrected chi connectivity index (χ3v) is 4.29. The maximum absolute atomic E-state index is 13.1. The molecule has 1 heterocycles. The van der Waals surface area contributed by atoms with Crippen molar-refractivity contribution >= 4 is 16.7 Å². The van der Waals surface area contributed by atoms with Crippen LogP contribution in [0.25, 0.3) is 22.3 Å². The first-order chi connectivity index (χ1) is 12.7. The third kappa shape index (κ3) is 3.40. The van der Waals surface area contributed by atoms with E-state index in [1.807, 2.05) is 36.4 Å². The van der Waals surface area contributed by atoms with E-state index in [0.717, 1.165) is 27.8 Å². The molecule has 3 aromatic carbocycles. The fraction of sp³-hybridized carbons (Fsp3) is 0.0909. The number of fused-ring (bicyclic) bond motifs is 1. The Morgan fingerprint density at radius 1 is 0.846 bits per heavy atom. The molecule has 4 aromatic rings.